The fourth-order valence-electron chi connectivity index (χ4n) is 2.65. The molecule has 0 aliphatic heterocycles. The number of rotatable bonds is 2. The third kappa shape index (κ3) is 2.00. The first-order valence-corrected chi connectivity index (χ1v) is 8.44. The van der Waals surface area contributed by atoms with Crippen molar-refractivity contribution in [3.05, 3.63) is 72.8 Å². The average Bonchev–Trinajstić information content (AvgIpc) is 2.99. The van der Waals surface area contributed by atoms with Crippen molar-refractivity contribution in [1.82, 2.24) is 4.98 Å². The van der Waals surface area contributed by atoms with E-state index in [4.69, 9.17) is 0 Å². The van der Waals surface area contributed by atoms with Crippen LogP contribution in [0.25, 0.3) is 21.7 Å². The van der Waals surface area contributed by atoms with Gasteiger partial charge in [-0.05, 0) is 35.0 Å². The molecule has 4 aromatic rings. The molecule has 1 N–H and O–H groups in total. The molecule has 4 rings (SSSR count). The van der Waals surface area contributed by atoms with Crippen molar-refractivity contribution in [2.75, 3.05) is 0 Å². The molecule has 0 radical (unpaired) electrons. The Kier molecular flexibility index (Phi) is 2.81. The molecule has 0 saturated heterocycles. The van der Waals surface area contributed by atoms with Crippen LogP contribution in [-0.4, -0.2) is 13.4 Å². The molecule has 22 heavy (non-hydrogen) atoms. The summed E-state index contributed by atoms with van der Waals surface area (Å²) in [6.07, 6.45) is 0. The Labute approximate surface area is 128 Å². The van der Waals surface area contributed by atoms with Crippen LogP contribution in [0.3, 0.4) is 0 Å². The molecular formula is C18H13NO2S. The fourth-order valence-corrected chi connectivity index (χ4v) is 3.96. The van der Waals surface area contributed by atoms with Gasteiger partial charge in [0.05, 0.1) is 4.90 Å². The van der Waals surface area contributed by atoms with Gasteiger partial charge in [-0.25, -0.2) is 8.42 Å². The number of para-hydroxylation sites is 1. The minimum Gasteiger partial charge on any atom is -0.345 e. The summed E-state index contributed by atoms with van der Waals surface area (Å²) >= 11 is 0. The minimum absolute atomic E-state index is 0.226. The number of fused-ring (bicyclic) bond motifs is 2. The standard InChI is InChI=1S/C18H13NO2S/c20-22(21,18-12-15-7-3-4-8-17(15)19-18)16-10-9-13-5-1-2-6-14(13)11-16/h1-12,19H. The lowest BCUT2D eigenvalue weighted by atomic mass is 10.1. The quantitative estimate of drug-likeness (QED) is 0.604. The summed E-state index contributed by atoms with van der Waals surface area (Å²) in [6.45, 7) is 0. The number of sulfone groups is 1. The molecule has 3 aromatic carbocycles. The molecule has 0 unspecified atom stereocenters. The largest absolute Gasteiger partial charge is 0.345 e. The summed E-state index contributed by atoms with van der Waals surface area (Å²) < 4.78 is 25.6. The van der Waals surface area contributed by atoms with Gasteiger partial charge in [0, 0.05) is 10.9 Å². The van der Waals surface area contributed by atoms with Gasteiger partial charge in [0.2, 0.25) is 9.84 Å². The minimum atomic E-state index is -3.55. The van der Waals surface area contributed by atoms with E-state index in [1.807, 2.05) is 54.6 Å². The summed E-state index contributed by atoms with van der Waals surface area (Å²) in [5, 5.41) is 3.06. The van der Waals surface area contributed by atoms with Gasteiger partial charge in [-0.15, -0.1) is 0 Å². The Morgan fingerprint density at radius 2 is 1.36 bits per heavy atom. The molecule has 108 valence electrons. The molecule has 0 atom stereocenters. The highest BCUT2D eigenvalue weighted by atomic mass is 32.2. The second-order valence-corrected chi connectivity index (χ2v) is 7.15. The number of hydrogen-bond acceptors (Lipinski definition) is 2. The van der Waals surface area contributed by atoms with Crippen molar-refractivity contribution in [2.24, 2.45) is 0 Å². The lowest BCUT2D eigenvalue weighted by Gasteiger charge is -2.04. The molecular weight excluding hydrogens is 294 g/mol. The van der Waals surface area contributed by atoms with Crippen molar-refractivity contribution < 1.29 is 8.42 Å². The van der Waals surface area contributed by atoms with E-state index in [0.717, 1.165) is 21.7 Å². The van der Waals surface area contributed by atoms with Gasteiger partial charge in [0.1, 0.15) is 5.03 Å². The Hall–Kier alpha value is -2.59. The Morgan fingerprint density at radius 1 is 0.682 bits per heavy atom. The molecule has 0 spiro atoms. The van der Waals surface area contributed by atoms with Crippen LogP contribution in [0.1, 0.15) is 0 Å². The van der Waals surface area contributed by atoms with Crippen LogP contribution < -0.4 is 0 Å². The van der Waals surface area contributed by atoms with E-state index < -0.39 is 9.84 Å². The Balaban J connectivity index is 1.91. The number of hydrogen-bond donors (Lipinski definition) is 1. The average molecular weight is 307 g/mol. The molecule has 0 fully saturated rings. The zero-order chi connectivity index (χ0) is 15.2. The van der Waals surface area contributed by atoms with Crippen LogP contribution in [-0.2, 0) is 9.84 Å². The first-order chi connectivity index (χ1) is 10.6. The Morgan fingerprint density at radius 3 is 2.14 bits per heavy atom. The lowest BCUT2D eigenvalue weighted by Crippen LogP contribution is -2.02. The monoisotopic (exact) mass is 307 g/mol. The number of aromatic nitrogens is 1. The molecule has 0 aliphatic rings. The van der Waals surface area contributed by atoms with Crippen molar-refractivity contribution in [2.45, 2.75) is 9.92 Å². The maximum absolute atomic E-state index is 12.8. The summed E-state index contributed by atoms with van der Waals surface area (Å²) in [6, 6.07) is 22.2. The highest BCUT2D eigenvalue weighted by Crippen LogP contribution is 2.26. The number of nitrogens with one attached hydrogen (secondary N) is 1. The molecule has 1 aromatic heterocycles. The highest BCUT2D eigenvalue weighted by molar-refractivity contribution is 7.91. The second-order valence-electron chi connectivity index (χ2n) is 5.23. The predicted molar refractivity (Wildman–Crippen MR) is 87.7 cm³/mol. The molecule has 0 saturated carbocycles. The smallest absolute Gasteiger partial charge is 0.221 e. The van der Waals surface area contributed by atoms with E-state index in [1.54, 1.807) is 18.2 Å². The van der Waals surface area contributed by atoms with Crippen molar-refractivity contribution >= 4 is 31.5 Å². The second kappa shape index (κ2) is 4.71. The summed E-state index contributed by atoms with van der Waals surface area (Å²) in [5.74, 6) is 0. The molecule has 4 heteroatoms. The van der Waals surface area contributed by atoms with Crippen molar-refractivity contribution in [3.63, 3.8) is 0 Å². The fraction of sp³-hybridized carbons (Fsp3) is 0. The van der Waals surface area contributed by atoms with Crippen LogP contribution in [0.2, 0.25) is 0 Å². The summed E-state index contributed by atoms with van der Waals surface area (Å²) in [5.41, 5.74) is 0.821. The summed E-state index contributed by atoms with van der Waals surface area (Å²) in [4.78, 5) is 3.30. The zero-order valence-corrected chi connectivity index (χ0v) is 12.5. The first kappa shape index (κ1) is 13.1. The van der Waals surface area contributed by atoms with E-state index in [0.29, 0.717) is 4.90 Å². The predicted octanol–water partition coefficient (Wildman–Crippen LogP) is 4.15. The van der Waals surface area contributed by atoms with Gasteiger partial charge in [-0.2, -0.15) is 0 Å². The lowest BCUT2D eigenvalue weighted by molar-refractivity contribution is 0.593. The van der Waals surface area contributed by atoms with Crippen molar-refractivity contribution in [3.8, 4) is 0 Å². The zero-order valence-electron chi connectivity index (χ0n) is 11.7. The van der Waals surface area contributed by atoms with Gasteiger partial charge in [-0.1, -0.05) is 48.5 Å². The number of aromatic amines is 1. The molecule has 3 nitrogen and oxygen atoms in total. The van der Waals surface area contributed by atoms with E-state index in [9.17, 15) is 8.42 Å². The van der Waals surface area contributed by atoms with E-state index in [2.05, 4.69) is 4.98 Å². The van der Waals surface area contributed by atoms with Crippen molar-refractivity contribution in [1.29, 1.82) is 0 Å². The highest BCUT2D eigenvalue weighted by Gasteiger charge is 2.20. The summed E-state index contributed by atoms with van der Waals surface area (Å²) in [7, 11) is -3.55. The van der Waals surface area contributed by atoms with E-state index in [-0.39, 0.29) is 5.03 Å². The Bertz CT molecular complexity index is 1060. The SMILES string of the molecule is O=S(=O)(c1ccc2ccccc2c1)c1cc2ccccc2[nH]1. The topological polar surface area (TPSA) is 49.9 Å². The number of benzene rings is 3. The third-order valence-electron chi connectivity index (χ3n) is 3.83. The van der Waals surface area contributed by atoms with Crippen LogP contribution in [0.4, 0.5) is 0 Å². The molecule has 0 aliphatic carbocycles. The van der Waals surface area contributed by atoms with Gasteiger partial charge in [-0.3, -0.25) is 0 Å². The van der Waals surface area contributed by atoms with Crippen LogP contribution >= 0.6 is 0 Å². The van der Waals surface area contributed by atoms with Gasteiger partial charge in [0.15, 0.2) is 0 Å². The van der Waals surface area contributed by atoms with E-state index >= 15 is 0 Å². The third-order valence-corrected chi connectivity index (χ3v) is 5.50. The van der Waals surface area contributed by atoms with Crippen LogP contribution in [0, 0.1) is 0 Å². The van der Waals surface area contributed by atoms with Crippen LogP contribution in [0.15, 0.2) is 82.7 Å². The number of H-pyrrole nitrogens is 1. The van der Waals surface area contributed by atoms with Gasteiger partial charge in [0.25, 0.3) is 0 Å². The molecule has 1 heterocycles. The normalized spacial score (nSPS) is 12.0. The maximum atomic E-state index is 12.8. The van der Waals surface area contributed by atoms with E-state index in [1.165, 1.54) is 0 Å². The first-order valence-electron chi connectivity index (χ1n) is 6.96. The maximum Gasteiger partial charge on any atom is 0.221 e. The molecule has 0 bridgehead atoms. The van der Waals surface area contributed by atoms with Crippen LogP contribution in [0.5, 0.6) is 0 Å². The molecule has 0 amide bonds. The van der Waals surface area contributed by atoms with Gasteiger partial charge >= 0.3 is 0 Å². The van der Waals surface area contributed by atoms with Gasteiger partial charge < -0.3 is 4.98 Å².